The summed E-state index contributed by atoms with van der Waals surface area (Å²) in [5, 5.41) is 12.6. The van der Waals surface area contributed by atoms with Gasteiger partial charge in [0.05, 0.1) is 6.61 Å². The molecule has 0 aromatic heterocycles. The maximum absolute atomic E-state index is 12.6. The van der Waals surface area contributed by atoms with Gasteiger partial charge in [-0.25, -0.2) is 4.39 Å². The van der Waals surface area contributed by atoms with Crippen LogP contribution < -0.4 is 0 Å². The molecular weight excluding hydrogens is 197 g/mol. The third kappa shape index (κ3) is 3.41. The summed E-state index contributed by atoms with van der Waals surface area (Å²) in [6, 6.07) is 7.83. The van der Waals surface area contributed by atoms with Crippen molar-refractivity contribution in [3.05, 3.63) is 58.5 Å². The van der Waals surface area contributed by atoms with E-state index in [4.69, 9.17) is 4.74 Å². The van der Waals surface area contributed by atoms with Crippen LogP contribution in [-0.4, -0.2) is 6.61 Å². The molecule has 1 atom stereocenters. The van der Waals surface area contributed by atoms with Crippen molar-refractivity contribution < 1.29 is 9.13 Å². The third-order valence-electron chi connectivity index (χ3n) is 1.72. The Morgan fingerprint density at radius 2 is 2.20 bits per heavy atom. The number of rotatable bonds is 4. The van der Waals surface area contributed by atoms with E-state index in [9.17, 15) is 9.60 Å². The van der Waals surface area contributed by atoms with E-state index in [2.05, 4.69) is 17.7 Å². The highest BCUT2D eigenvalue weighted by molar-refractivity contribution is 5.24. The fraction of sp³-hybridized carbons (Fsp3) is 0.182. The Morgan fingerprint density at radius 1 is 1.53 bits per heavy atom. The van der Waals surface area contributed by atoms with Crippen molar-refractivity contribution in [2.75, 3.05) is 6.61 Å². The molecule has 0 heterocycles. The molecule has 0 saturated carbocycles. The molecule has 4 heteroatoms. The number of ether oxygens (including phenoxy) is 1. The van der Waals surface area contributed by atoms with E-state index in [0.29, 0.717) is 5.56 Å². The quantitative estimate of drug-likeness (QED) is 0.562. The molecule has 0 amide bonds. The molecule has 3 nitrogen and oxygen atoms in total. The molecule has 1 aromatic carbocycles. The van der Waals surface area contributed by atoms with Gasteiger partial charge >= 0.3 is 6.07 Å². The van der Waals surface area contributed by atoms with Gasteiger partial charge < -0.3 is 9.94 Å². The van der Waals surface area contributed by atoms with Gasteiger partial charge in [0.1, 0.15) is 5.82 Å². The molecule has 0 N–H and O–H groups in total. The monoisotopic (exact) mass is 207 g/mol. The lowest BCUT2D eigenvalue weighted by Crippen LogP contribution is -2.01. The maximum Gasteiger partial charge on any atom is 0.335 e. The molecule has 15 heavy (non-hydrogen) atoms. The molecule has 1 rings (SSSR count). The second kappa shape index (κ2) is 5.78. The second-order valence-electron chi connectivity index (χ2n) is 2.77. The molecule has 1 unspecified atom stereocenters. The van der Waals surface area contributed by atoms with Crippen molar-refractivity contribution in [2.45, 2.75) is 6.10 Å². The van der Waals surface area contributed by atoms with Crippen LogP contribution in [0.1, 0.15) is 11.7 Å². The highest BCUT2D eigenvalue weighted by Gasteiger charge is 2.14. The average molecular weight is 207 g/mol. The Labute approximate surface area is 87.2 Å². The Kier molecular flexibility index (Phi) is 4.32. The zero-order chi connectivity index (χ0) is 11.1. The minimum atomic E-state index is -0.680. The fourth-order valence-electron chi connectivity index (χ4n) is 1.06. The summed E-state index contributed by atoms with van der Waals surface area (Å²) < 4.78 is 17.8. The summed E-state index contributed by atoms with van der Waals surface area (Å²) in [5.74, 6) is -0.347. The van der Waals surface area contributed by atoms with Gasteiger partial charge in [-0.3, -0.25) is 0 Å². The largest absolute Gasteiger partial charge is 0.498 e. The van der Waals surface area contributed by atoms with Gasteiger partial charge in [0.2, 0.25) is 6.10 Å². The van der Waals surface area contributed by atoms with E-state index in [-0.39, 0.29) is 12.4 Å². The van der Waals surface area contributed by atoms with Crippen molar-refractivity contribution in [3.8, 4) is 6.07 Å². The van der Waals surface area contributed by atoms with Crippen molar-refractivity contribution >= 4 is 0 Å². The normalized spacial score (nSPS) is 11.3. The van der Waals surface area contributed by atoms with Crippen LogP contribution in [0.5, 0.6) is 0 Å². The average Bonchev–Trinajstić information content (AvgIpc) is 2.25. The second-order valence-corrected chi connectivity index (χ2v) is 2.77. The van der Waals surface area contributed by atoms with Crippen LogP contribution in [0.4, 0.5) is 4.39 Å². The first-order valence-corrected chi connectivity index (χ1v) is 4.33. The molecular formula is C11H10FNO2. The first kappa shape index (κ1) is 11.2. The van der Waals surface area contributed by atoms with E-state index < -0.39 is 6.10 Å². The molecule has 78 valence electrons. The SMILES string of the molecule is C=CCOC(C#[N+][O-])c1ccc(F)cc1. The number of hydrogen-bond donors (Lipinski definition) is 0. The lowest BCUT2D eigenvalue weighted by atomic mass is 10.1. The Balaban J connectivity index is 2.81. The van der Waals surface area contributed by atoms with Crippen molar-refractivity contribution in [3.63, 3.8) is 0 Å². The lowest BCUT2D eigenvalue weighted by Gasteiger charge is -2.06. The summed E-state index contributed by atoms with van der Waals surface area (Å²) in [4.78, 5) is 0. The molecule has 0 aliphatic heterocycles. The van der Waals surface area contributed by atoms with Crippen LogP contribution in [-0.2, 0) is 4.74 Å². The topological polar surface area (TPSA) is 36.6 Å². The van der Waals surface area contributed by atoms with Crippen LogP contribution in [0.3, 0.4) is 0 Å². The van der Waals surface area contributed by atoms with Crippen LogP contribution >= 0.6 is 0 Å². The summed E-state index contributed by atoms with van der Waals surface area (Å²) in [6.07, 6.45) is 0.865. The highest BCUT2D eigenvalue weighted by Crippen LogP contribution is 2.17. The van der Waals surface area contributed by atoms with Crippen LogP contribution in [0.15, 0.2) is 36.9 Å². The zero-order valence-electron chi connectivity index (χ0n) is 8.02. The van der Waals surface area contributed by atoms with Gasteiger partial charge in [-0.05, 0) is 17.7 Å². The summed E-state index contributed by atoms with van der Waals surface area (Å²) in [7, 11) is 0. The smallest absolute Gasteiger partial charge is 0.335 e. The molecule has 0 bridgehead atoms. The van der Waals surface area contributed by atoms with Crippen molar-refractivity contribution in [1.29, 1.82) is 0 Å². The van der Waals surface area contributed by atoms with E-state index >= 15 is 0 Å². The van der Waals surface area contributed by atoms with Gasteiger partial charge in [-0.1, -0.05) is 18.2 Å². The number of hydrogen-bond acceptors (Lipinski definition) is 2. The predicted octanol–water partition coefficient (Wildman–Crippen LogP) is 2.90. The van der Waals surface area contributed by atoms with Crippen LogP contribution in [0.25, 0.3) is 5.01 Å². The highest BCUT2D eigenvalue weighted by atomic mass is 19.1. The maximum atomic E-state index is 12.6. The number of benzene rings is 1. The number of halogens is 1. The lowest BCUT2D eigenvalue weighted by molar-refractivity contribution is 0.117. The molecule has 0 radical (unpaired) electrons. The zero-order valence-corrected chi connectivity index (χ0v) is 8.02. The Bertz CT molecular complexity index is 378. The Hall–Kier alpha value is -1.86. The minimum Gasteiger partial charge on any atom is -0.498 e. The van der Waals surface area contributed by atoms with Crippen molar-refractivity contribution in [1.82, 2.24) is 0 Å². The van der Waals surface area contributed by atoms with E-state index in [1.165, 1.54) is 24.3 Å². The molecule has 0 spiro atoms. The Morgan fingerprint density at radius 3 is 2.73 bits per heavy atom. The molecule has 0 saturated heterocycles. The fourth-order valence-corrected chi connectivity index (χ4v) is 1.06. The van der Waals surface area contributed by atoms with Gasteiger partial charge in [0.25, 0.3) is 0 Å². The predicted molar refractivity (Wildman–Crippen MR) is 55.9 cm³/mol. The summed E-state index contributed by atoms with van der Waals surface area (Å²) in [5.41, 5.74) is 0.623. The van der Waals surface area contributed by atoms with Gasteiger partial charge in [0.15, 0.2) is 0 Å². The van der Waals surface area contributed by atoms with Crippen LogP contribution in [0, 0.1) is 17.1 Å². The summed E-state index contributed by atoms with van der Waals surface area (Å²) in [6.45, 7) is 3.75. The van der Waals surface area contributed by atoms with E-state index in [1.807, 2.05) is 0 Å². The number of nitrogens with zero attached hydrogens (tertiary/aromatic N) is 1. The first-order chi connectivity index (χ1) is 7.27. The van der Waals surface area contributed by atoms with Gasteiger partial charge in [-0.2, -0.15) is 0 Å². The van der Waals surface area contributed by atoms with Crippen molar-refractivity contribution in [2.24, 2.45) is 0 Å². The first-order valence-electron chi connectivity index (χ1n) is 4.33. The molecule has 0 fully saturated rings. The van der Waals surface area contributed by atoms with Crippen LogP contribution in [0.2, 0.25) is 0 Å². The standard InChI is InChI=1S/C11H10FNO2/c1-2-7-15-11(8-13-14)9-3-5-10(12)6-4-9/h2-6,11H,1,7H2. The summed E-state index contributed by atoms with van der Waals surface area (Å²) >= 11 is 0. The minimum absolute atomic E-state index is 0.268. The van der Waals surface area contributed by atoms with E-state index in [1.54, 1.807) is 6.08 Å². The van der Waals surface area contributed by atoms with Gasteiger partial charge in [-0.15, -0.1) is 6.58 Å². The molecule has 1 aromatic rings. The third-order valence-corrected chi connectivity index (χ3v) is 1.72. The van der Waals surface area contributed by atoms with Gasteiger partial charge in [0, 0.05) is 5.01 Å². The molecule has 0 aliphatic carbocycles. The molecule has 0 aliphatic rings. The van der Waals surface area contributed by atoms with E-state index in [0.717, 1.165) is 0 Å².